The Labute approximate surface area is 108 Å². The summed E-state index contributed by atoms with van der Waals surface area (Å²) >= 11 is 2.07. The quantitative estimate of drug-likeness (QED) is 0.873. The van der Waals surface area contributed by atoms with Gasteiger partial charge in [0.2, 0.25) is 0 Å². The van der Waals surface area contributed by atoms with Crippen molar-refractivity contribution in [2.75, 3.05) is 5.75 Å². The van der Waals surface area contributed by atoms with E-state index in [1.807, 2.05) is 18.3 Å². The van der Waals surface area contributed by atoms with Crippen molar-refractivity contribution in [3.8, 4) is 0 Å². The summed E-state index contributed by atoms with van der Waals surface area (Å²) in [4.78, 5) is 4.32. The van der Waals surface area contributed by atoms with Crippen LogP contribution in [0.5, 0.6) is 0 Å². The molecule has 1 fully saturated rings. The van der Waals surface area contributed by atoms with Gasteiger partial charge in [-0.2, -0.15) is 11.8 Å². The van der Waals surface area contributed by atoms with Crippen molar-refractivity contribution in [1.29, 1.82) is 0 Å². The van der Waals surface area contributed by atoms with Crippen LogP contribution in [0, 0.1) is 0 Å². The largest absolute Gasteiger partial charge is 0.327 e. The molecule has 2 nitrogen and oxygen atoms in total. The highest BCUT2D eigenvalue weighted by atomic mass is 32.2. The predicted octanol–water partition coefficient (Wildman–Crippen LogP) is 3.02. The van der Waals surface area contributed by atoms with E-state index in [0.29, 0.717) is 0 Å². The first-order valence-electron chi connectivity index (χ1n) is 6.61. The zero-order valence-electron chi connectivity index (χ0n) is 10.3. The SMILES string of the molecule is NC(CSC1CCCCC1)Cc1ccccn1. The smallest absolute Gasteiger partial charge is 0.0419 e. The molecule has 0 aliphatic heterocycles. The monoisotopic (exact) mass is 250 g/mol. The molecule has 1 unspecified atom stereocenters. The van der Waals surface area contributed by atoms with E-state index in [1.54, 1.807) is 0 Å². The number of nitrogens with two attached hydrogens (primary N) is 1. The molecule has 1 aromatic rings. The fraction of sp³-hybridized carbons (Fsp3) is 0.643. The van der Waals surface area contributed by atoms with Crippen molar-refractivity contribution in [2.24, 2.45) is 5.73 Å². The van der Waals surface area contributed by atoms with E-state index in [2.05, 4.69) is 22.8 Å². The van der Waals surface area contributed by atoms with E-state index >= 15 is 0 Å². The number of rotatable bonds is 5. The van der Waals surface area contributed by atoms with Gasteiger partial charge in [-0.3, -0.25) is 4.98 Å². The summed E-state index contributed by atoms with van der Waals surface area (Å²) in [6, 6.07) is 6.29. The minimum atomic E-state index is 0.247. The standard InChI is InChI=1S/C14H22N2S/c15-12(10-13-6-4-5-9-16-13)11-17-14-7-2-1-3-8-14/h4-6,9,12,14H,1-3,7-8,10-11,15H2. The van der Waals surface area contributed by atoms with Gasteiger partial charge in [0.05, 0.1) is 0 Å². The van der Waals surface area contributed by atoms with Crippen LogP contribution in [-0.4, -0.2) is 22.0 Å². The third-order valence-corrected chi connectivity index (χ3v) is 4.86. The van der Waals surface area contributed by atoms with E-state index < -0.39 is 0 Å². The first kappa shape index (κ1) is 12.9. The number of hydrogen-bond donors (Lipinski definition) is 1. The molecular formula is C14H22N2S. The van der Waals surface area contributed by atoms with Crippen molar-refractivity contribution in [2.45, 2.75) is 49.8 Å². The Hall–Kier alpha value is -0.540. The zero-order valence-corrected chi connectivity index (χ0v) is 11.2. The second kappa shape index (κ2) is 7.02. The Kier molecular flexibility index (Phi) is 5.33. The lowest BCUT2D eigenvalue weighted by molar-refractivity contribution is 0.515. The molecule has 94 valence electrons. The minimum absolute atomic E-state index is 0.247. The molecule has 0 radical (unpaired) electrons. The molecule has 1 saturated carbocycles. The average Bonchev–Trinajstić information content (AvgIpc) is 2.39. The zero-order chi connectivity index (χ0) is 11.9. The number of thioether (sulfide) groups is 1. The number of pyridine rings is 1. The summed E-state index contributed by atoms with van der Waals surface area (Å²) in [6.07, 6.45) is 9.77. The molecule has 0 aromatic carbocycles. The Morgan fingerprint density at radius 2 is 2.12 bits per heavy atom. The van der Waals surface area contributed by atoms with Crippen LogP contribution in [0.15, 0.2) is 24.4 Å². The Bertz CT molecular complexity index is 309. The second-order valence-corrected chi connectivity index (χ2v) is 6.21. The summed E-state index contributed by atoms with van der Waals surface area (Å²) < 4.78 is 0. The van der Waals surface area contributed by atoms with Crippen LogP contribution in [0.1, 0.15) is 37.8 Å². The summed E-state index contributed by atoms with van der Waals surface area (Å²) in [6.45, 7) is 0. The molecule has 0 saturated heterocycles. The molecule has 1 aliphatic rings. The van der Waals surface area contributed by atoms with Gasteiger partial charge in [-0.15, -0.1) is 0 Å². The van der Waals surface area contributed by atoms with Crippen molar-refractivity contribution < 1.29 is 0 Å². The fourth-order valence-electron chi connectivity index (χ4n) is 2.34. The summed E-state index contributed by atoms with van der Waals surface area (Å²) in [5, 5.41) is 0.860. The van der Waals surface area contributed by atoms with Gasteiger partial charge in [0.1, 0.15) is 0 Å². The van der Waals surface area contributed by atoms with Crippen LogP contribution in [0.25, 0.3) is 0 Å². The maximum absolute atomic E-state index is 6.16. The molecule has 1 heterocycles. The molecule has 0 bridgehead atoms. The Morgan fingerprint density at radius 1 is 1.29 bits per heavy atom. The van der Waals surface area contributed by atoms with Gasteiger partial charge in [0.15, 0.2) is 0 Å². The third kappa shape index (κ3) is 4.68. The third-order valence-electron chi connectivity index (χ3n) is 3.30. The van der Waals surface area contributed by atoms with E-state index in [9.17, 15) is 0 Å². The van der Waals surface area contributed by atoms with Crippen LogP contribution >= 0.6 is 11.8 Å². The van der Waals surface area contributed by atoms with Gasteiger partial charge in [-0.25, -0.2) is 0 Å². The maximum Gasteiger partial charge on any atom is 0.0419 e. The summed E-state index contributed by atoms with van der Waals surface area (Å²) in [7, 11) is 0. The number of hydrogen-bond acceptors (Lipinski definition) is 3. The van der Waals surface area contributed by atoms with Gasteiger partial charge < -0.3 is 5.73 Å². The van der Waals surface area contributed by atoms with Crippen LogP contribution in [0.4, 0.5) is 0 Å². The predicted molar refractivity (Wildman–Crippen MR) is 75.2 cm³/mol. The van der Waals surface area contributed by atoms with E-state index in [0.717, 1.165) is 23.1 Å². The van der Waals surface area contributed by atoms with Gasteiger partial charge >= 0.3 is 0 Å². The fourth-order valence-corrected chi connectivity index (χ4v) is 3.64. The first-order chi connectivity index (χ1) is 8.34. The van der Waals surface area contributed by atoms with Crippen molar-refractivity contribution in [3.05, 3.63) is 30.1 Å². The van der Waals surface area contributed by atoms with Crippen molar-refractivity contribution in [3.63, 3.8) is 0 Å². The van der Waals surface area contributed by atoms with Gasteiger partial charge in [-0.1, -0.05) is 25.3 Å². The molecule has 1 atom stereocenters. The van der Waals surface area contributed by atoms with Crippen LogP contribution in [0.2, 0.25) is 0 Å². The van der Waals surface area contributed by atoms with Crippen LogP contribution in [-0.2, 0) is 6.42 Å². The molecule has 2 N–H and O–H groups in total. The molecule has 1 aliphatic carbocycles. The van der Waals surface area contributed by atoms with Crippen LogP contribution < -0.4 is 5.73 Å². The molecule has 0 amide bonds. The molecule has 2 rings (SSSR count). The molecule has 3 heteroatoms. The topological polar surface area (TPSA) is 38.9 Å². The number of nitrogens with zero attached hydrogens (tertiary/aromatic N) is 1. The molecule has 0 spiro atoms. The van der Waals surface area contributed by atoms with Gasteiger partial charge in [0.25, 0.3) is 0 Å². The second-order valence-electron chi connectivity index (χ2n) is 4.88. The minimum Gasteiger partial charge on any atom is -0.327 e. The number of aromatic nitrogens is 1. The lowest BCUT2D eigenvalue weighted by Crippen LogP contribution is -2.27. The first-order valence-corrected chi connectivity index (χ1v) is 7.66. The lowest BCUT2D eigenvalue weighted by Gasteiger charge is -2.22. The van der Waals surface area contributed by atoms with Crippen molar-refractivity contribution >= 4 is 11.8 Å². The molecule has 1 aromatic heterocycles. The average molecular weight is 250 g/mol. The van der Waals surface area contributed by atoms with Gasteiger partial charge in [-0.05, 0) is 25.0 Å². The van der Waals surface area contributed by atoms with Crippen LogP contribution in [0.3, 0.4) is 0 Å². The maximum atomic E-state index is 6.16. The highest BCUT2D eigenvalue weighted by Crippen LogP contribution is 2.28. The summed E-state index contributed by atoms with van der Waals surface area (Å²) in [5.74, 6) is 1.07. The lowest BCUT2D eigenvalue weighted by atomic mass is 10.0. The van der Waals surface area contributed by atoms with Gasteiger partial charge in [0, 0.05) is 35.4 Å². The van der Waals surface area contributed by atoms with E-state index in [-0.39, 0.29) is 6.04 Å². The Balaban J connectivity index is 1.68. The normalized spacial score (nSPS) is 19.1. The van der Waals surface area contributed by atoms with E-state index in [4.69, 9.17) is 5.73 Å². The Morgan fingerprint density at radius 3 is 2.82 bits per heavy atom. The van der Waals surface area contributed by atoms with Crippen molar-refractivity contribution in [1.82, 2.24) is 4.98 Å². The van der Waals surface area contributed by atoms with E-state index in [1.165, 1.54) is 32.1 Å². The molecular weight excluding hydrogens is 228 g/mol. The highest BCUT2D eigenvalue weighted by molar-refractivity contribution is 7.99. The highest BCUT2D eigenvalue weighted by Gasteiger charge is 2.15. The summed E-state index contributed by atoms with van der Waals surface area (Å²) in [5.41, 5.74) is 7.28. The molecule has 17 heavy (non-hydrogen) atoms.